The summed E-state index contributed by atoms with van der Waals surface area (Å²) in [6, 6.07) is 9.71. The molecule has 2 N–H and O–H groups in total. The van der Waals surface area contributed by atoms with Crippen LogP contribution in [0.3, 0.4) is 0 Å². The van der Waals surface area contributed by atoms with Gasteiger partial charge in [0.05, 0.1) is 6.54 Å². The van der Waals surface area contributed by atoms with E-state index in [1.807, 2.05) is 4.90 Å². The van der Waals surface area contributed by atoms with Gasteiger partial charge >= 0.3 is 0 Å². The highest BCUT2D eigenvalue weighted by atomic mass is 16.2. The second-order valence-electron chi connectivity index (χ2n) is 7.30. The molecule has 2 aliphatic rings. The number of hydrogen-bond donors (Lipinski definition) is 1. The first-order valence-electron chi connectivity index (χ1n) is 9.51. The summed E-state index contributed by atoms with van der Waals surface area (Å²) in [4.78, 5) is 16.0. The zero-order valence-electron chi connectivity index (χ0n) is 14.9. The fourth-order valence-electron chi connectivity index (χ4n) is 4.18. The second kappa shape index (κ2) is 8.13. The number of carbonyl (C=O) groups excluding carboxylic acids is 1. The Labute approximate surface area is 146 Å². The fourth-order valence-corrected chi connectivity index (χ4v) is 4.18. The highest BCUT2D eigenvalue weighted by Gasteiger charge is 2.24. The van der Waals surface area contributed by atoms with E-state index >= 15 is 0 Å². The van der Waals surface area contributed by atoms with Gasteiger partial charge in [-0.15, -0.1) is 0 Å². The van der Waals surface area contributed by atoms with Crippen LogP contribution >= 0.6 is 0 Å². The third-order valence-corrected chi connectivity index (χ3v) is 5.88. The van der Waals surface area contributed by atoms with Crippen LogP contribution in [0, 0.1) is 0 Å². The number of piperazine rings is 1. The zero-order valence-corrected chi connectivity index (χ0v) is 14.9. The molecule has 1 aromatic rings. The molecule has 0 bridgehead atoms. The number of rotatable bonds is 4. The molecule has 1 aromatic carbocycles. The van der Waals surface area contributed by atoms with Crippen LogP contribution in [-0.4, -0.2) is 48.4 Å². The van der Waals surface area contributed by atoms with Gasteiger partial charge in [0.1, 0.15) is 0 Å². The number of nitrogens with two attached hydrogens (primary N) is 1. The van der Waals surface area contributed by atoms with E-state index in [0.29, 0.717) is 6.04 Å². The van der Waals surface area contributed by atoms with Crippen molar-refractivity contribution in [2.45, 2.75) is 51.0 Å². The standard InChI is InChI=1S/C20H31N3O/c1-16(22-11-13-23(14-12-22)20(24)15-21)17-7-9-19(10-8-17)18-5-3-2-4-6-18/h7-10,16,18H,2-6,11-15,21H2,1H3. The van der Waals surface area contributed by atoms with E-state index in [1.165, 1.54) is 43.2 Å². The Morgan fingerprint density at radius 1 is 1.08 bits per heavy atom. The van der Waals surface area contributed by atoms with E-state index in [1.54, 1.807) is 0 Å². The summed E-state index contributed by atoms with van der Waals surface area (Å²) in [5, 5.41) is 0. The minimum atomic E-state index is 0.0686. The molecular weight excluding hydrogens is 298 g/mol. The molecule has 1 atom stereocenters. The van der Waals surface area contributed by atoms with Gasteiger partial charge in [0, 0.05) is 32.2 Å². The lowest BCUT2D eigenvalue weighted by atomic mass is 9.83. The zero-order chi connectivity index (χ0) is 16.9. The van der Waals surface area contributed by atoms with Crippen LogP contribution < -0.4 is 5.73 Å². The minimum absolute atomic E-state index is 0.0686. The Morgan fingerprint density at radius 3 is 2.29 bits per heavy atom. The van der Waals surface area contributed by atoms with Gasteiger partial charge < -0.3 is 10.6 Å². The molecular formula is C20H31N3O. The molecule has 1 amide bonds. The number of nitrogens with zero attached hydrogens (tertiary/aromatic N) is 2. The van der Waals surface area contributed by atoms with Crippen LogP contribution in [-0.2, 0) is 4.79 Å². The highest BCUT2D eigenvalue weighted by Crippen LogP contribution is 2.33. The topological polar surface area (TPSA) is 49.6 Å². The molecule has 4 nitrogen and oxygen atoms in total. The van der Waals surface area contributed by atoms with Crippen molar-refractivity contribution in [1.29, 1.82) is 0 Å². The van der Waals surface area contributed by atoms with Gasteiger partial charge in [-0.2, -0.15) is 0 Å². The number of amides is 1. The first-order chi connectivity index (χ1) is 11.7. The first kappa shape index (κ1) is 17.4. The monoisotopic (exact) mass is 329 g/mol. The van der Waals surface area contributed by atoms with E-state index in [9.17, 15) is 4.79 Å². The van der Waals surface area contributed by atoms with Gasteiger partial charge in [-0.1, -0.05) is 43.5 Å². The summed E-state index contributed by atoms with van der Waals surface area (Å²) >= 11 is 0. The van der Waals surface area contributed by atoms with Crippen molar-refractivity contribution in [3.8, 4) is 0 Å². The third-order valence-electron chi connectivity index (χ3n) is 5.88. The van der Waals surface area contributed by atoms with Crippen LogP contribution in [0.25, 0.3) is 0 Å². The molecule has 0 spiro atoms. The Hall–Kier alpha value is -1.39. The summed E-state index contributed by atoms with van der Waals surface area (Å²) in [5.74, 6) is 0.841. The quantitative estimate of drug-likeness (QED) is 0.924. The fraction of sp³-hybridized carbons (Fsp3) is 0.650. The summed E-state index contributed by atoms with van der Waals surface area (Å²) in [6.07, 6.45) is 6.88. The maximum Gasteiger partial charge on any atom is 0.236 e. The average Bonchev–Trinajstić information content (AvgIpc) is 2.68. The molecule has 4 heteroatoms. The van der Waals surface area contributed by atoms with Crippen molar-refractivity contribution in [2.24, 2.45) is 5.73 Å². The molecule has 1 unspecified atom stereocenters. The molecule has 132 valence electrons. The van der Waals surface area contributed by atoms with Crippen molar-refractivity contribution < 1.29 is 4.79 Å². The van der Waals surface area contributed by atoms with Gasteiger partial charge in [-0.05, 0) is 36.8 Å². The predicted octanol–water partition coefficient (Wildman–Crippen LogP) is 2.90. The van der Waals surface area contributed by atoms with Gasteiger partial charge in [0.15, 0.2) is 0 Å². The molecule has 0 aromatic heterocycles. The lowest BCUT2D eigenvalue weighted by Crippen LogP contribution is -2.50. The average molecular weight is 329 g/mol. The van der Waals surface area contributed by atoms with Gasteiger partial charge in [-0.25, -0.2) is 0 Å². The molecule has 1 saturated carbocycles. The van der Waals surface area contributed by atoms with Gasteiger partial charge in [0.2, 0.25) is 5.91 Å². The smallest absolute Gasteiger partial charge is 0.236 e. The van der Waals surface area contributed by atoms with Gasteiger partial charge in [-0.3, -0.25) is 9.69 Å². The first-order valence-corrected chi connectivity index (χ1v) is 9.51. The summed E-state index contributed by atoms with van der Waals surface area (Å²) < 4.78 is 0. The molecule has 1 heterocycles. The molecule has 2 fully saturated rings. The second-order valence-corrected chi connectivity index (χ2v) is 7.30. The maximum absolute atomic E-state index is 11.7. The largest absolute Gasteiger partial charge is 0.339 e. The molecule has 1 aliphatic carbocycles. The Balaban J connectivity index is 1.57. The van der Waals surface area contributed by atoms with E-state index in [-0.39, 0.29) is 12.5 Å². The Kier molecular flexibility index (Phi) is 5.90. The normalized spacial score (nSPS) is 21.7. The summed E-state index contributed by atoms with van der Waals surface area (Å²) in [7, 11) is 0. The number of carbonyl (C=O) groups is 1. The maximum atomic E-state index is 11.7. The van der Waals surface area contributed by atoms with E-state index in [4.69, 9.17) is 5.73 Å². The van der Waals surface area contributed by atoms with Crippen LogP contribution in [0.1, 0.15) is 62.1 Å². The highest BCUT2D eigenvalue weighted by molar-refractivity contribution is 5.78. The van der Waals surface area contributed by atoms with Crippen LogP contribution in [0.5, 0.6) is 0 Å². The van der Waals surface area contributed by atoms with E-state index in [0.717, 1.165) is 32.1 Å². The number of benzene rings is 1. The van der Waals surface area contributed by atoms with E-state index in [2.05, 4.69) is 36.1 Å². The van der Waals surface area contributed by atoms with Crippen LogP contribution in [0.2, 0.25) is 0 Å². The molecule has 1 aliphatic heterocycles. The SMILES string of the molecule is CC(c1ccc(C2CCCCC2)cc1)N1CCN(C(=O)CN)CC1. The predicted molar refractivity (Wildman–Crippen MR) is 97.9 cm³/mol. The summed E-state index contributed by atoms with van der Waals surface area (Å²) in [6.45, 7) is 5.84. The van der Waals surface area contributed by atoms with Crippen molar-refractivity contribution in [2.75, 3.05) is 32.7 Å². The molecule has 0 radical (unpaired) electrons. The van der Waals surface area contributed by atoms with Crippen molar-refractivity contribution >= 4 is 5.91 Å². The molecule has 3 rings (SSSR count). The Morgan fingerprint density at radius 2 is 1.71 bits per heavy atom. The minimum Gasteiger partial charge on any atom is -0.339 e. The third kappa shape index (κ3) is 3.98. The summed E-state index contributed by atoms with van der Waals surface area (Å²) in [5.41, 5.74) is 8.36. The lowest BCUT2D eigenvalue weighted by Gasteiger charge is -2.38. The van der Waals surface area contributed by atoms with Gasteiger partial charge in [0.25, 0.3) is 0 Å². The van der Waals surface area contributed by atoms with Crippen LogP contribution in [0.4, 0.5) is 0 Å². The lowest BCUT2D eigenvalue weighted by molar-refractivity contribution is -0.131. The Bertz CT molecular complexity index is 528. The molecule has 24 heavy (non-hydrogen) atoms. The number of hydrogen-bond acceptors (Lipinski definition) is 3. The molecule has 1 saturated heterocycles. The van der Waals surface area contributed by atoms with Crippen LogP contribution in [0.15, 0.2) is 24.3 Å². The van der Waals surface area contributed by atoms with Crippen molar-refractivity contribution in [3.63, 3.8) is 0 Å². The van der Waals surface area contributed by atoms with E-state index < -0.39 is 0 Å². The van der Waals surface area contributed by atoms with Crippen molar-refractivity contribution in [3.05, 3.63) is 35.4 Å². The van der Waals surface area contributed by atoms with Crippen molar-refractivity contribution in [1.82, 2.24) is 9.80 Å².